The SMILES string of the molecule is COc1cccc(CCc2cc(C(N)=O)ccn2)c1. The van der Waals surface area contributed by atoms with E-state index in [0.717, 1.165) is 24.3 Å². The number of methoxy groups -OCH3 is 1. The van der Waals surface area contributed by atoms with E-state index < -0.39 is 5.91 Å². The van der Waals surface area contributed by atoms with Gasteiger partial charge in [-0.25, -0.2) is 0 Å². The minimum absolute atomic E-state index is 0.426. The lowest BCUT2D eigenvalue weighted by molar-refractivity contribution is 0.1000. The van der Waals surface area contributed by atoms with Crippen LogP contribution in [0.4, 0.5) is 0 Å². The van der Waals surface area contributed by atoms with Crippen LogP contribution in [-0.2, 0) is 12.8 Å². The molecule has 0 saturated carbocycles. The summed E-state index contributed by atoms with van der Waals surface area (Å²) in [5, 5.41) is 0. The molecule has 2 rings (SSSR count). The standard InChI is InChI=1S/C15H16N2O2/c1-19-14-4-2-3-11(9-14)5-6-13-10-12(15(16)18)7-8-17-13/h2-4,7-10H,5-6H2,1H3,(H2,16,18). The van der Waals surface area contributed by atoms with Gasteiger partial charge in [-0.3, -0.25) is 9.78 Å². The van der Waals surface area contributed by atoms with Crippen molar-refractivity contribution < 1.29 is 9.53 Å². The van der Waals surface area contributed by atoms with Crippen LogP contribution in [0.15, 0.2) is 42.6 Å². The fourth-order valence-corrected chi connectivity index (χ4v) is 1.87. The first-order chi connectivity index (χ1) is 9.19. The summed E-state index contributed by atoms with van der Waals surface area (Å²) in [6.07, 6.45) is 3.21. The van der Waals surface area contributed by atoms with E-state index in [0.29, 0.717) is 5.56 Å². The van der Waals surface area contributed by atoms with E-state index in [1.54, 1.807) is 25.4 Å². The lowest BCUT2D eigenvalue weighted by Crippen LogP contribution is -2.11. The number of nitrogens with zero attached hydrogens (tertiary/aromatic N) is 1. The smallest absolute Gasteiger partial charge is 0.248 e. The number of ether oxygens (including phenoxy) is 1. The largest absolute Gasteiger partial charge is 0.497 e. The van der Waals surface area contributed by atoms with Gasteiger partial charge >= 0.3 is 0 Å². The Kier molecular flexibility index (Phi) is 4.13. The molecule has 0 unspecified atom stereocenters. The molecule has 2 N–H and O–H groups in total. The van der Waals surface area contributed by atoms with Gasteiger partial charge in [0.2, 0.25) is 5.91 Å². The molecule has 0 saturated heterocycles. The normalized spacial score (nSPS) is 10.2. The molecular formula is C15H16N2O2. The fourth-order valence-electron chi connectivity index (χ4n) is 1.87. The van der Waals surface area contributed by atoms with E-state index in [4.69, 9.17) is 10.5 Å². The second-order valence-corrected chi connectivity index (χ2v) is 4.25. The van der Waals surface area contributed by atoms with Gasteiger partial charge in [0.15, 0.2) is 0 Å². The quantitative estimate of drug-likeness (QED) is 0.889. The number of nitrogens with two attached hydrogens (primary N) is 1. The third-order valence-electron chi connectivity index (χ3n) is 2.91. The first kappa shape index (κ1) is 13.1. The molecule has 1 aromatic carbocycles. The van der Waals surface area contributed by atoms with E-state index in [2.05, 4.69) is 4.98 Å². The first-order valence-corrected chi connectivity index (χ1v) is 6.06. The highest BCUT2D eigenvalue weighted by atomic mass is 16.5. The number of carbonyl (C=O) groups excluding carboxylic acids is 1. The fraction of sp³-hybridized carbons (Fsp3) is 0.200. The second kappa shape index (κ2) is 6.00. The van der Waals surface area contributed by atoms with Gasteiger partial charge in [0, 0.05) is 17.5 Å². The van der Waals surface area contributed by atoms with Gasteiger partial charge in [-0.15, -0.1) is 0 Å². The molecule has 2 aromatic rings. The van der Waals surface area contributed by atoms with Crippen molar-refractivity contribution in [1.29, 1.82) is 0 Å². The van der Waals surface area contributed by atoms with Crippen LogP contribution >= 0.6 is 0 Å². The van der Waals surface area contributed by atoms with Gasteiger partial charge < -0.3 is 10.5 Å². The average molecular weight is 256 g/mol. The van der Waals surface area contributed by atoms with Gasteiger partial charge in [0.1, 0.15) is 5.75 Å². The molecule has 1 amide bonds. The van der Waals surface area contributed by atoms with Gasteiger partial charge in [-0.2, -0.15) is 0 Å². The van der Waals surface area contributed by atoms with Crippen LogP contribution in [0.3, 0.4) is 0 Å². The molecule has 19 heavy (non-hydrogen) atoms. The number of pyridine rings is 1. The summed E-state index contributed by atoms with van der Waals surface area (Å²) in [6.45, 7) is 0. The van der Waals surface area contributed by atoms with Gasteiger partial charge in [-0.05, 0) is 42.7 Å². The molecule has 0 fully saturated rings. The highest BCUT2D eigenvalue weighted by molar-refractivity contribution is 5.92. The Balaban J connectivity index is 2.05. The summed E-state index contributed by atoms with van der Waals surface area (Å²) in [4.78, 5) is 15.3. The van der Waals surface area contributed by atoms with Gasteiger partial charge in [0.05, 0.1) is 7.11 Å². The van der Waals surface area contributed by atoms with Crippen molar-refractivity contribution in [1.82, 2.24) is 4.98 Å². The number of rotatable bonds is 5. The zero-order chi connectivity index (χ0) is 13.7. The summed E-state index contributed by atoms with van der Waals surface area (Å²) in [6, 6.07) is 11.3. The van der Waals surface area contributed by atoms with Crippen LogP contribution in [-0.4, -0.2) is 18.0 Å². The van der Waals surface area contributed by atoms with E-state index in [-0.39, 0.29) is 0 Å². The molecule has 0 aliphatic rings. The van der Waals surface area contributed by atoms with Crippen LogP contribution < -0.4 is 10.5 Å². The number of hydrogen-bond donors (Lipinski definition) is 1. The summed E-state index contributed by atoms with van der Waals surface area (Å²) in [5.74, 6) is 0.418. The van der Waals surface area contributed by atoms with Crippen molar-refractivity contribution in [2.75, 3.05) is 7.11 Å². The third-order valence-corrected chi connectivity index (χ3v) is 2.91. The zero-order valence-corrected chi connectivity index (χ0v) is 10.8. The third kappa shape index (κ3) is 3.55. The summed E-state index contributed by atoms with van der Waals surface area (Å²) >= 11 is 0. The number of amides is 1. The Morgan fingerprint density at radius 3 is 2.84 bits per heavy atom. The molecule has 0 aliphatic carbocycles. The second-order valence-electron chi connectivity index (χ2n) is 4.25. The number of aromatic nitrogens is 1. The van der Waals surface area contributed by atoms with Gasteiger partial charge in [-0.1, -0.05) is 12.1 Å². The molecule has 98 valence electrons. The Morgan fingerprint density at radius 2 is 2.11 bits per heavy atom. The highest BCUT2D eigenvalue weighted by Gasteiger charge is 2.03. The minimum atomic E-state index is -0.426. The minimum Gasteiger partial charge on any atom is -0.497 e. The molecule has 1 heterocycles. The highest BCUT2D eigenvalue weighted by Crippen LogP contribution is 2.14. The van der Waals surface area contributed by atoms with E-state index in [9.17, 15) is 4.79 Å². The van der Waals surface area contributed by atoms with Crippen molar-refractivity contribution in [2.45, 2.75) is 12.8 Å². The van der Waals surface area contributed by atoms with Crippen LogP contribution in [0.25, 0.3) is 0 Å². The number of hydrogen-bond acceptors (Lipinski definition) is 3. The van der Waals surface area contributed by atoms with Crippen molar-refractivity contribution in [3.8, 4) is 5.75 Å². The van der Waals surface area contributed by atoms with Gasteiger partial charge in [0.25, 0.3) is 0 Å². The topological polar surface area (TPSA) is 65.2 Å². The maximum atomic E-state index is 11.1. The Bertz CT molecular complexity index is 582. The van der Waals surface area contributed by atoms with Crippen LogP contribution in [0.5, 0.6) is 5.75 Å². The number of aryl methyl sites for hydroxylation is 2. The lowest BCUT2D eigenvalue weighted by atomic mass is 10.1. The monoisotopic (exact) mass is 256 g/mol. The van der Waals surface area contributed by atoms with Crippen molar-refractivity contribution >= 4 is 5.91 Å². The lowest BCUT2D eigenvalue weighted by Gasteiger charge is -2.05. The molecule has 0 bridgehead atoms. The summed E-state index contributed by atoms with van der Waals surface area (Å²) < 4.78 is 5.18. The number of primary amides is 1. The predicted molar refractivity (Wildman–Crippen MR) is 73.2 cm³/mol. The van der Waals surface area contributed by atoms with Crippen molar-refractivity contribution in [2.24, 2.45) is 5.73 Å². The van der Waals surface area contributed by atoms with Crippen molar-refractivity contribution in [3.63, 3.8) is 0 Å². The number of carbonyl (C=O) groups is 1. The molecule has 1 aromatic heterocycles. The van der Waals surface area contributed by atoms with Crippen molar-refractivity contribution in [3.05, 3.63) is 59.4 Å². The molecule has 4 nitrogen and oxygen atoms in total. The van der Waals surface area contributed by atoms with Crippen LogP contribution in [0.2, 0.25) is 0 Å². The van der Waals surface area contributed by atoms with E-state index in [1.807, 2.05) is 24.3 Å². The Hall–Kier alpha value is -2.36. The predicted octanol–water partition coefficient (Wildman–Crippen LogP) is 1.97. The number of benzene rings is 1. The molecule has 0 aliphatic heterocycles. The summed E-state index contributed by atoms with van der Waals surface area (Å²) in [7, 11) is 1.65. The van der Waals surface area contributed by atoms with E-state index >= 15 is 0 Å². The Morgan fingerprint density at radius 1 is 1.26 bits per heavy atom. The Labute approximate surface area is 112 Å². The molecule has 0 atom stereocenters. The maximum Gasteiger partial charge on any atom is 0.248 e. The van der Waals surface area contributed by atoms with Crippen LogP contribution in [0, 0.1) is 0 Å². The maximum absolute atomic E-state index is 11.1. The van der Waals surface area contributed by atoms with E-state index in [1.165, 1.54) is 5.56 Å². The molecular weight excluding hydrogens is 240 g/mol. The zero-order valence-electron chi connectivity index (χ0n) is 10.8. The average Bonchev–Trinajstić information content (AvgIpc) is 2.45. The first-order valence-electron chi connectivity index (χ1n) is 6.06. The summed E-state index contributed by atoms with van der Waals surface area (Å²) in [5.41, 5.74) is 7.77. The van der Waals surface area contributed by atoms with Crippen LogP contribution in [0.1, 0.15) is 21.6 Å². The molecule has 4 heteroatoms. The molecule has 0 spiro atoms. The molecule has 0 radical (unpaired) electrons.